The number of rotatable bonds is 4. The van der Waals surface area contributed by atoms with Crippen LogP contribution in [0.1, 0.15) is 21.6 Å². The highest BCUT2D eigenvalue weighted by atomic mass is 19.4. The van der Waals surface area contributed by atoms with Gasteiger partial charge in [0.05, 0.1) is 12.2 Å². The first-order chi connectivity index (χ1) is 14.2. The van der Waals surface area contributed by atoms with Gasteiger partial charge in [-0.05, 0) is 49.4 Å². The summed E-state index contributed by atoms with van der Waals surface area (Å²) in [5.74, 6) is -0.112. The van der Waals surface area contributed by atoms with Gasteiger partial charge in [0.15, 0.2) is 6.61 Å². The van der Waals surface area contributed by atoms with Gasteiger partial charge in [-0.2, -0.15) is 13.2 Å². The third-order valence-electron chi connectivity index (χ3n) is 4.74. The SMILES string of the molecule is Cc1cc2c(c(-c3ccccc3OCC(F)(F)F)n1)CN(c1ccc(O)cc1)C2=O. The summed E-state index contributed by atoms with van der Waals surface area (Å²) < 4.78 is 43.0. The average molecular weight is 414 g/mol. The van der Waals surface area contributed by atoms with E-state index in [9.17, 15) is 23.1 Å². The van der Waals surface area contributed by atoms with Crippen LogP contribution in [0.4, 0.5) is 18.9 Å². The van der Waals surface area contributed by atoms with Crippen LogP contribution in [0.15, 0.2) is 54.6 Å². The zero-order valence-corrected chi connectivity index (χ0v) is 15.9. The summed E-state index contributed by atoms with van der Waals surface area (Å²) in [5.41, 5.74) is 3.02. The van der Waals surface area contributed by atoms with Gasteiger partial charge in [0, 0.05) is 28.1 Å². The molecule has 1 aliphatic rings. The highest BCUT2D eigenvalue weighted by Crippen LogP contribution is 2.38. The lowest BCUT2D eigenvalue weighted by Crippen LogP contribution is -2.22. The van der Waals surface area contributed by atoms with E-state index in [1.54, 1.807) is 43.3 Å². The van der Waals surface area contributed by atoms with E-state index < -0.39 is 12.8 Å². The van der Waals surface area contributed by atoms with Crippen molar-refractivity contribution in [2.45, 2.75) is 19.6 Å². The number of anilines is 1. The maximum Gasteiger partial charge on any atom is 0.422 e. The summed E-state index contributed by atoms with van der Waals surface area (Å²) in [6.07, 6.45) is -4.47. The number of hydrogen-bond acceptors (Lipinski definition) is 4. The fourth-order valence-corrected chi connectivity index (χ4v) is 3.44. The van der Waals surface area contributed by atoms with E-state index in [2.05, 4.69) is 4.98 Å². The molecule has 1 aromatic heterocycles. The molecule has 1 aliphatic heterocycles. The maximum atomic E-state index is 13.0. The second-order valence-electron chi connectivity index (χ2n) is 6.95. The van der Waals surface area contributed by atoms with Crippen molar-refractivity contribution in [1.29, 1.82) is 0 Å². The zero-order chi connectivity index (χ0) is 21.5. The minimum Gasteiger partial charge on any atom is -0.508 e. The summed E-state index contributed by atoms with van der Waals surface area (Å²) in [5, 5.41) is 9.50. The molecule has 8 heteroatoms. The van der Waals surface area contributed by atoms with Crippen molar-refractivity contribution in [3.8, 4) is 22.8 Å². The van der Waals surface area contributed by atoms with Crippen LogP contribution in [-0.2, 0) is 6.54 Å². The normalized spacial score (nSPS) is 13.5. The first kappa shape index (κ1) is 19.8. The molecule has 30 heavy (non-hydrogen) atoms. The van der Waals surface area contributed by atoms with Crippen LogP contribution >= 0.6 is 0 Å². The Kier molecular flexibility index (Phi) is 4.85. The van der Waals surface area contributed by atoms with Crippen molar-refractivity contribution >= 4 is 11.6 Å². The standard InChI is InChI=1S/C22H17F3N2O3/c1-13-10-17-18(11-27(21(17)29)14-6-8-15(28)9-7-14)20(26-13)16-4-2-3-5-19(16)30-12-22(23,24)25/h2-10,28H,11-12H2,1H3. The molecular weight excluding hydrogens is 397 g/mol. The van der Waals surface area contributed by atoms with Gasteiger partial charge in [0.1, 0.15) is 11.5 Å². The predicted octanol–water partition coefficient (Wildman–Crippen LogP) is 4.86. The number of carbonyl (C=O) groups is 1. The van der Waals surface area contributed by atoms with E-state index in [0.717, 1.165) is 0 Å². The fraction of sp³-hybridized carbons (Fsp3) is 0.182. The zero-order valence-electron chi connectivity index (χ0n) is 15.9. The molecule has 2 aromatic carbocycles. The number of phenols is 1. The molecule has 154 valence electrons. The van der Waals surface area contributed by atoms with Gasteiger partial charge < -0.3 is 14.7 Å². The number of pyridine rings is 1. The first-order valence-corrected chi connectivity index (χ1v) is 9.13. The van der Waals surface area contributed by atoms with Crippen molar-refractivity contribution < 1.29 is 27.8 Å². The smallest absolute Gasteiger partial charge is 0.422 e. The van der Waals surface area contributed by atoms with Crippen molar-refractivity contribution in [3.05, 3.63) is 71.4 Å². The number of aromatic nitrogens is 1. The van der Waals surface area contributed by atoms with Crippen molar-refractivity contribution in [1.82, 2.24) is 4.98 Å². The molecule has 4 rings (SSSR count). The third-order valence-corrected chi connectivity index (χ3v) is 4.74. The number of hydrogen-bond donors (Lipinski definition) is 1. The molecule has 2 heterocycles. The van der Waals surface area contributed by atoms with Crippen LogP contribution < -0.4 is 9.64 Å². The topological polar surface area (TPSA) is 62.7 Å². The lowest BCUT2D eigenvalue weighted by Gasteiger charge is -2.16. The monoisotopic (exact) mass is 414 g/mol. The van der Waals surface area contributed by atoms with E-state index in [-0.39, 0.29) is 24.0 Å². The Labute approximate surface area is 170 Å². The van der Waals surface area contributed by atoms with Gasteiger partial charge in [0.2, 0.25) is 0 Å². The van der Waals surface area contributed by atoms with E-state index >= 15 is 0 Å². The van der Waals surface area contributed by atoms with E-state index in [0.29, 0.717) is 33.8 Å². The van der Waals surface area contributed by atoms with Crippen LogP contribution in [0.25, 0.3) is 11.3 Å². The largest absolute Gasteiger partial charge is 0.508 e. The average Bonchev–Trinajstić information content (AvgIpc) is 3.03. The number of halogens is 3. The quantitative estimate of drug-likeness (QED) is 0.662. The van der Waals surface area contributed by atoms with Crippen LogP contribution in [0.3, 0.4) is 0 Å². The molecule has 0 atom stereocenters. The number of phenolic OH excluding ortho intramolecular Hbond substituents is 1. The van der Waals surface area contributed by atoms with Gasteiger partial charge in [-0.15, -0.1) is 0 Å². The molecule has 5 nitrogen and oxygen atoms in total. The van der Waals surface area contributed by atoms with Gasteiger partial charge in [0.25, 0.3) is 5.91 Å². The minimum atomic E-state index is -4.47. The van der Waals surface area contributed by atoms with Crippen LogP contribution in [0, 0.1) is 6.92 Å². The number of carbonyl (C=O) groups excluding carboxylic acids is 1. The molecule has 0 aliphatic carbocycles. The van der Waals surface area contributed by atoms with Gasteiger partial charge in [-0.1, -0.05) is 12.1 Å². The number of ether oxygens (including phenoxy) is 1. The summed E-state index contributed by atoms with van der Waals surface area (Å²) in [4.78, 5) is 19.1. The number of para-hydroxylation sites is 1. The fourth-order valence-electron chi connectivity index (χ4n) is 3.44. The number of aromatic hydroxyl groups is 1. The molecule has 0 bridgehead atoms. The van der Waals surface area contributed by atoms with E-state index in [1.807, 2.05) is 0 Å². The molecule has 0 saturated carbocycles. The number of nitrogens with zero attached hydrogens (tertiary/aromatic N) is 2. The van der Waals surface area contributed by atoms with E-state index in [1.165, 1.54) is 23.1 Å². The summed E-state index contributed by atoms with van der Waals surface area (Å²) in [6, 6.07) is 14.2. The molecule has 0 unspecified atom stereocenters. The molecule has 0 fully saturated rings. The Morgan fingerprint density at radius 2 is 1.80 bits per heavy atom. The number of benzene rings is 2. The molecule has 1 amide bonds. The summed E-state index contributed by atoms with van der Waals surface area (Å²) >= 11 is 0. The summed E-state index contributed by atoms with van der Waals surface area (Å²) in [6.45, 7) is 0.505. The second kappa shape index (κ2) is 7.37. The number of aryl methyl sites for hydroxylation is 1. The Morgan fingerprint density at radius 1 is 1.10 bits per heavy atom. The third kappa shape index (κ3) is 3.80. The van der Waals surface area contributed by atoms with Crippen LogP contribution in [0.5, 0.6) is 11.5 Å². The number of amides is 1. The van der Waals surface area contributed by atoms with Crippen LogP contribution in [0.2, 0.25) is 0 Å². The number of fused-ring (bicyclic) bond motifs is 1. The number of alkyl halides is 3. The van der Waals surface area contributed by atoms with Gasteiger partial charge >= 0.3 is 6.18 Å². The Morgan fingerprint density at radius 3 is 2.50 bits per heavy atom. The van der Waals surface area contributed by atoms with Crippen LogP contribution in [-0.4, -0.2) is 28.8 Å². The Bertz CT molecular complexity index is 1110. The lowest BCUT2D eigenvalue weighted by atomic mass is 10.0. The molecule has 1 N–H and O–H groups in total. The predicted molar refractivity (Wildman–Crippen MR) is 105 cm³/mol. The van der Waals surface area contributed by atoms with Crippen molar-refractivity contribution in [3.63, 3.8) is 0 Å². The minimum absolute atomic E-state index is 0.0469. The molecule has 0 radical (unpaired) electrons. The molecule has 0 saturated heterocycles. The van der Waals surface area contributed by atoms with Gasteiger partial charge in [-0.3, -0.25) is 9.78 Å². The Hall–Kier alpha value is -3.55. The van der Waals surface area contributed by atoms with Crippen molar-refractivity contribution in [2.75, 3.05) is 11.5 Å². The first-order valence-electron chi connectivity index (χ1n) is 9.13. The molecule has 0 spiro atoms. The highest BCUT2D eigenvalue weighted by Gasteiger charge is 2.33. The molecule has 3 aromatic rings. The Balaban J connectivity index is 1.77. The van der Waals surface area contributed by atoms with Gasteiger partial charge in [-0.25, -0.2) is 0 Å². The summed E-state index contributed by atoms with van der Waals surface area (Å²) in [7, 11) is 0. The maximum absolute atomic E-state index is 13.0. The van der Waals surface area contributed by atoms with E-state index in [4.69, 9.17) is 4.74 Å². The highest BCUT2D eigenvalue weighted by molar-refractivity contribution is 6.11. The second-order valence-corrected chi connectivity index (χ2v) is 6.95. The lowest BCUT2D eigenvalue weighted by molar-refractivity contribution is -0.153. The van der Waals surface area contributed by atoms with Crippen molar-refractivity contribution in [2.24, 2.45) is 0 Å². The molecular formula is C22H17F3N2O3.